The summed E-state index contributed by atoms with van der Waals surface area (Å²) in [5.41, 5.74) is 1.01. The highest BCUT2D eigenvalue weighted by Gasteiger charge is 2.30. The van der Waals surface area contributed by atoms with E-state index >= 15 is 0 Å². The van der Waals surface area contributed by atoms with Crippen LogP contribution in [0.3, 0.4) is 0 Å². The van der Waals surface area contributed by atoms with Crippen LogP contribution in [-0.2, 0) is 4.79 Å². The van der Waals surface area contributed by atoms with Crippen molar-refractivity contribution in [2.75, 3.05) is 23.3 Å². The Labute approximate surface area is 124 Å². The quantitative estimate of drug-likeness (QED) is 0.784. The highest BCUT2D eigenvalue weighted by molar-refractivity contribution is 6.51. The number of Topliss-reactive ketones (excluding diaryl/α,β-unsaturated/α-hetero) is 1. The zero-order chi connectivity index (χ0) is 15.4. The molecule has 1 amide bonds. The molecule has 0 radical (unpaired) electrons. The third-order valence-electron chi connectivity index (χ3n) is 3.69. The molecule has 4 nitrogen and oxygen atoms in total. The van der Waals surface area contributed by atoms with Crippen LogP contribution in [0.15, 0.2) is 12.1 Å². The van der Waals surface area contributed by atoms with Gasteiger partial charge in [-0.15, -0.1) is 0 Å². The predicted molar refractivity (Wildman–Crippen MR) is 81.4 cm³/mol. The molecule has 0 atom stereocenters. The fourth-order valence-electron chi connectivity index (χ4n) is 2.45. The molecule has 21 heavy (non-hydrogen) atoms. The van der Waals surface area contributed by atoms with Gasteiger partial charge in [-0.3, -0.25) is 9.59 Å². The molecule has 0 fully saturated rings. The Kier molecular flexibility index (Phi) is 4.94. The molecule has 1 heterocycles. The number of hydrogen-bond donors (Lipinski definition) is 1. The van der Waals surface area contributed by atoms with Gasteiger partial charge in [-0.1, -0.05) is 26.7 Å². The van der Waals surface area contributed by atoms with Crippen LogP contribution in [0.5, 0.6) is 0 Å². The molecule has 0 unspecified atom stereocenters. The first kappa shape index (κ1) is 15.5. The molecule has 1 aromatic rings. The van der Waals surface area contributed by atoms with Crippen LogP contribution in [0.1, 0.15) is 49.9 Å². The molecule has 0 bridgehead atoms. The standard InChI is InChI=1S/C16H21FN2O2/c1-3-5-7-19(8-6-4-2)14-10-13-11(9-12(14)17)15(20)16(21)18-13/h9-10H,3-8H2,1-2H3,(H,18,20,21). The van der Waals surface area contributed by atoms with E-state index in [4.69, 9.17) is 0 Å². The van der Waals surface area contributed by atoms with Crippen molar-refractivity contribution in [3.63, 3.8) is 0 Å². The summed E-state index contributed by atoms with van der Waals surface area (Å²) in [5.74, 6) is -1.79. The summed E-state index contributed by atoms with van der Waals surface area (Å²) in [6, 6.07) is 2.76. The molecule has 1 aliphatic heterocycles. The third-order valence-corrected chi connectivity index (χ3v) is 3.69. The fraction of sp³-hybridized carbons (Fsp3) is 0.500. The van der Waals surface area contributed by atoms with Crippen LogP contribution in [-0.4, -0.2) is 24.8 Å². The summed E-state index contributed by atoms with van der Waals surface area (Å²) in [4.78, 5) is 25.0. The van der Waals surface area contributed by atoms with E-state index in [1.165, 1.54) is 6.07 Å². The van der Waals surface area contributed by atoms with Crippen molar-refractivity contribution in [3.05, 3.63) is 23.5 Å². The number of rotatable bonds is 7. The summed E-state index contributed by atoms with van der Waals surface area (Å²) in [7, 11) is 0. The number of fused-ring (bicyclic) bond motifs is 1. The van der Waals surface area contributed by atoms with Gasteiger partial charge in [0.2, 0.25) is 0 Å². The molecule has 0 saturated heterocycles. The normalized spacial score (nSPS) is 13.3. The van der Waals surface area contributed by atoms with E-state index in [0.717, 1.165) is 38.8 Å². The largest absolute Gasteiger partial charge is 0.369 e. The monoisotopic (exact) mass is 292 g/mol. The topological polar surface area (TPSA) is 49.4 Å². The highest BCUT2D eigenvalue weighted by atomic mass is 19.1. The second-order valence-electron chi connectivity index (χ2n) is 5.33. The van der Waals surface area contributed by atoms with Gasteiger partial charge in [-0.25, -0.2) is 4.39 Å². The Hall–Kier alpha value is -1.91. The number of amides is 1. The molecule has 0 spiro atoms. The number of ketones is 1. The number of halogens is 1. The number of carbonyl (C=O) groups excluding carboxylic acids is 2. The van der Waals surface area contributed by atoms with Crippen LogP contribution in [0.4, 0.5) is 15.8 Å². The van der Waals surface area contributed by atoms with E-state index in [0.29, 0.717) is 11.4 Å². The summed E-state index contributed by atoms with van der Waals surface area (Å²) >= 11 is 0. The molecule has 0 aliphatic carbocycles. The van der Waals surface area contributed by atoms with Gasteiger partial charge >= 0.3 is 0 Å². The molecule has 1 aliphatic rings. The number of hydrogen-bond acceptors (Lipinski definition) is 3. The Bertz CT molecular complexity index is 549. The SMILES string of the molecule is CCCCN(CCCC)c1cc2c(cc1F)C(=O)C(=O)N2. The van der Waals surface area contributed by atoms with Crippen LogP contribution in [0.25, 0.3) is 0 Å². The van der Waals surface area contributed by atoms with E-state index in [9.17, 15) is 14.0 Å². The van der Waals surface area contributed by atoms with Gasteiger partial charge in [0.25, 0.3) is 11.7 Å². The molecule has 5 heteroatoms. The number of nitrogens with one attached hydrogen (secondary N) is 1. The number of carbonyl (C=O) groups is 2. The first-order valence-corrected chi connectivity index (χ1v) is 7.52. The van der Waals surface area contributed by atoms with Gasteiger partial charge in [0, 0.05) is 13.1 Å². The van der Waals surface area contributed by atoms with Gasteiger partial charge in [0.15, 0.2) is 0 Å². The van der Waals surface area contributed by atoms with Crippen LogP contribution in [0.2, 0.25) is 0 Å². The lowest BCUT2D eigenvalue weighted by Crippen LogP contribution is -2.26. The maximum atomic E-state index is 14.3. The number of unbranched alkanes of at least 4 members (excludes halogenated alkanes) is 2. The smallest absolute Gasteiger partial charge is 0.296 e. The minimum atomic E-state index is -0.685. The summed E-state index contributed by atoms with van der Waals surface area (Å²) < 4.78 is 14.3. The molecular weight excluding hydrogens is 271 g/mol. The van der Waals surface area contributed by atoms with Crippen molar-refractivity contribution in [3.8, 4) is 0 Å². The van der Waals surface area contributed by atoms with Crippen LogP contribution < -0.4 is 10.2 Å². The van der Waals surface area contributed by atoms with Gasteiger partial charge < -0.3 is 10.2 Å². The van der Waals surface area contributed by atoms with Crippen LogP contribution in [0, 0.1) is 5.82 Å². The van der Waals surface area contributed by atoms with E-state index in [2.05, 4.69) is 19.2 Å². The van der Waals surface area contributed by atoms with Crippen molar-refractivity contribution in [2.45, 2.75) is 39.5 Å². The first-order valence-electron chi connectivity index (χ1n) is 7.52. The summed E-state index contributed by atoms with van der Waals surface area (Å²) in [5, 5.41) is 2.50. The molecule has 2 rings (SSSR count). The molecular formula is C16H21FN2O2. The Morgan fingerprint density at radius 1 is 1.10 bits per heavy atom. The van der Waals surface area contributed by atoms with Crippen molar-refractivity contribution in [1.82, 2.24) is 0 Å². The fourth-order valence-corrected chi connectivity index (χ4v) is 2.45. The second-order valence-corrected chi connectivity index (χ2v) is 5.33. The third kappa shape index (κ3) is 3.23. The Morgan fingerprint density at radius 2 is 1.71 bits per heavy atom. The van der Waals surface area contributed by atoms with Crippen molar-refractivity contribution >= 4 is 23.1 Å². The maximum absolute atomic E-state index is 14.3. The first-order chi connectivity index (χ1) is 10.1. The van der Waals surface area contributed by atoms with Crippen LogP contribution >= 0.6 is 0 Å². The van der Waals surface area contributed by atoms with Crippen molar-refractivity contribution < 1.29 is 14.0 Å². The lowest BCUT2D eigenvalue weighted by Gasteiger charge is -2.25. The van der Waals surface area contributed by atoms with Gasteiger partial charge in [-0.05, 0) is 25.0 Å². The zero-order valence-electron chi connectivity index (χ0n) is 12.5. The summed E-state index contributed by atoms with van der Waals surface area (Å²) in [6.07, 6.45) is 4.02. The van der Waals surface area contributed by atoms with E-state index in [-0.39, 0.29) is 5.56 Å². The molecule has 0 aromatic heterocycles. The van der Waals surface area contributed by atoms with E-state index < -0.39 is 17.5 Å². The Balaban J connectivity index is 2.30. The van der Waals surface area contributed by atoms with Gasteiger partial charge in [0.05, 0.1) is 16.9 Å². The number of anilines is 2. The van der Waals surface area contributed by atoms with Gasteiger partial charge in [-0.2, -0.15) is 0 Å². The van der Waals surface area contributed by atoms with E-state index in [1.807, 2.05) is 4.90 Å². The molecule has 0 saturated carbocycles. The molecule has 1 N–H and O–H groups in total. The molecule has 1 aromatic carbocycles. The molecule has 114 valence electrons. The van der Waals surface area contributed by atoms with Crippen molar-refractivity contribution in [1.29, 1.82) is 0 Å². The van der Waals surface area contributed by atoms with E-state index in [1.54, 1.807) is 6.07 Å². The number of nitrogens with zero attached hydrogens (tertiary/aromatic N) is 1. The maximum Gasteiger partial charge on any atom is 0.296 e. The lowest BCUT2D eigenvalue weighted by atomic mass is 10.1. The lowest BCUT2D eigenvalue weighted by molar-refractivity contribution is -0.112. The minimum Gasteiger partial charge on any atom is -0.369 e. The predicted octanol–water partition coefficient (Wildman–Crippen LogP) is 3.37. The highest BCUT2D eigenvalue weighted by Crippen LogP contribution is 2.31. The number of benzene rings is 1. The van der Waals surface area contributed by atoms with Gasteiger partial charge in [0.1, 0.15) is 5.82 Å². The Morgan fingerprint density at radius 3 is 2.29 bits per heavy atom. The summed E-state index contributed by atoms with van der Waals surface area (Å²) in [6.45, 7) is 5.73. The van der Waals surface area contributed by atoms with Crippen molar-refractivity contribution in [2.24, 2.45) is 0 Å². The second kappa shape index (κ2) is 6.70. The average Bonchev–Trinajstić information content (AvgIpc) is 2.74. The minimum absolute atomic E-state index is 0.132. The zero-order valence-corrected chi connectivity index (χ0v) is 12.5. The average molecular weight is 292 g/mol.